The number of sulfone groups is 1. The molecule has 1 aromatic carbocycles. The first kappa shape index (κ1) is 14.1. The van der Waals surface area contributed by atoms with Gasteiger partial charge < -0.3 is 5.11 Å². The zero-order chi connectivity index (χ0) is 13.3. The van der Waals surface area contributed by atoms with Crippen molar-refractivity contribution in [3.8, 4) is 0 Å². The van der Waals surface area contributed by atoms with E-state index in [2.05, 4.69) is 0 Å². The van der Waals surface area contributed by atoms with Crippen LogP contribution < -0.4 is 0 Å². The molecule has 1 aromatic rings. The normalized spacial score (nSPS) is 14.6. The molecular weight excluding hydrogens is 243 g/mol. The lowest BCUT2D eigenvalue weighted by atomic mass is 9.98. The molecule has 0 aliphatic carbocycles. The molecule has 1 rings (SSSR count). The van der Waals surface area contributed by atoms with E-state index in [9.17, 15) is 17.9 Å². The van der Waals surface area contributed by atoms with Crippen molar-refractivity contribution in [3.05, 3.63) is 35.6 Å². The first-order valence-electron chi connectivity index (χ1n) is 5.26. The summed E-state index contributed by atoms with van der Waals surface area (Å²) in [6.07, 6.45) is 0.254. The highest BCUT2D eigenvalue weighted by atomic mass is 32.2. The standard InChI is InChI=1S/C12H17FO3S/c1-12(2,17(3,15)16)11(14)8-9-4-6-10(13)7-5-9/h4-7,11,14H,8H2,1-3H3. The molecule has 0 radical (unpaired) electrons. The van der Waals surface area contributed by atoms with Crippen molar-refractivity contribution in [2.45, 2.75) is 31.1 Å². The number of hydrogen-bond donors (Lipinski definition) is 1. The molecule has 0 saturated heterocycles. The fourth-order valence-corrected chi connectivity index (χ4v) is 1.91. The minimum atomic E-state index is -3.35. The maximum atomic E-state index is 12.7. The lowest BCUT2D eigenvalue weighted by Gasteiger charge is -2.28. The number of aliphatic hydroxyl groups is 1. The quantitative estimate of drug-likeness (QED) is 0.893. The van der Waals surface area contributed by atoms with Crippen molar-refractivity contribution in [2.24, 2.45) is 0 Å². The first-order chi connectivity index (χ1) is 7.64. The van der Waals surface area contributed by atoms with Crippen LogP contribution in [0.3, 0.4) is 0 Å². The van der Waals surface area contributed by atoms with Gasteiger partial charge in [-0.3, -0.25) is 0 Å². The topological polar surface area (TPSA) is 54.4 Å². The van der Waals surface area contributed by atoms with E-state index in [0.717, 1.165) is 6.26 Å². The fourth-order valence-electron chi connectivity index (χ4n) is 1.34. The Labute approximate surface area is 101 Å². The Hall–Kier alpha value is -0.940. The smallest absolute Gasteiger partial charge is 0.155 e. The second-order valence-corrected chi connectivity index (χ2v) is 7.32. The van der Waals surface area contributed by atoms with Crippen LogP contribution in [0.5, 0.6) is 0 Å². The highest BCUT2D eigenvalue weighted by Gasteiger charge is 2.37. The van der Waals surface area contributed by atoms with Gasteiger partial charge in [0.25, 0.3) is 0 Å². The van der Waals surface area contributed by atoms with Crippen LogP contribution in [-0.2, 0) is 16.3 Å². The van der Waals surface area contributed by atoms with Crippen molar-refractivity contribution in [3.63, 3.8) is 0 Å². The summed E-state index contributed by atoms with van der Waals surface area (Å²) in [5.74, 6) is -0.356. The van der Waals surface area contributed by atoms with E-state index in [0.29, 0.717) is 5.56 Å². The molecule has 1 unspecified atom stereocenters. The van der Waals surface area contributed by atoms with E-state index in [-0.39, 0.29) is 12.2 Å². The van der Waals surface area contributed by atoms with Gasteiger partial charge in [-0.05, 0) is 38.0 Å². The van der Waals surface area contributed by atoms with Crippen LogP contribution in [0.2, 0.25) is 0 Å². The highest BCUT2D eigenvalue weighted by Crippen LogP contribution is 2.23. The largest absolute Gasteiger partial charge is 0.391 e. The molecule has 0 amide bonds. The number of halogens is 1. The molecule has 1 atom stereocenters. The maximum Gasteiger partial charge on any atom is 0.155 e. The van der Waals surface area contributed by atoms with E-state index in [4.69, 9.17) is 0 Å². The molecule has 0 fully saturated rings. The van der Waals surface area contributed by atoms with E-state index in [1.165, 1.54) is 38.1 Å². The van der Waals surface area contributed by atoms with Crippen LogP contribution in [0.15, 0.2) is 24.3 Å². The summed E-state index contributed by atoms with van der Waals surface area (Å²) < 4.78 is 34.5. The first-order valence-corrected chi connectivity index (χ1v) is 7.16. The Morgan fingerprint density at radius 3 is 2.18 bits per heavy atom. The van der Waals surface area contributed by atoms with E-state index >= 15 is 0 Å². The number of hydrogen-bond acceptors (Lipinski definition) is 3. The molecule has 0 aliphatic heterocycles. The van der Waals surface area contributed by atoms with Gasteiger partial charge in [-0.2, -0.15) is 0 Å². The number of aliphatic hydroxyl groups excluding tert-OH is 1. The Bertz CT molecular complexity index is 477. The van der Waals surface area contributed by atoms with Crippen molar-refractivity contribution in [1.29, 1.82) is 0 Å². The van der Waals surface area contributed by atoms with Gasteiger partial charge in [0.05, 0.1) is 10.9 Å². The summed E-state index contributed by atoms with van der Waals surface area (Å²) in [5, 5.41) is 9.96. The van der Waals surface area contributed by atoms with E-state index < -0.39 is 20.7 Å². The Morgan fingerprint density at radius 1 is 1.29 bits per heavy atom. The second kappa shape index (κ2) is 4.74. The predicted octanol–water partition coefficient (Wildman–Crippen LogP) is 1.55. The predicted molar refractivity (Wildman–Crippen MR) is 65.0 cm³/mol. The minimum Gasteiger partial charge on any atom is -0.391 e. The monoisotopic (exact) mass is 260 g/mol. The van der Waals surface area contributed by atoms with Gasteiger partial charge in [0.1, 0.15) is 5.82 Å². The molecule has 96 valence electrons. The molecule has 3 nitrogen and oxygen atoms in total. The minimum absolute atomic E-state index is 0.181. The highest BCUT2D eigenvalue weighted by molar-refractivity contribution is 7.92. The molecule has 0 aliphatic rings. The molecule has 0 heterocycles. The van der Waals surface area contributed by atoms with Crippen molar-refractivity contribution < 1.29 is 17.9 Å². The van der Waals surface area contributed by atoms with Crippen molar-refractivity contribution >= 4 is 9.84 Å². The van der Waals surface area contributed by atoms with Gasteiger partial charge in [-0.15, -0.1) is 0 Å². The fraction of sp³-hybridized carbons (Fsp3) is 0.500. The average Bonchev–Trinajstić information content (AvgIpc) is 2.19. The summed E-state index contributed by atoms with van der Waals surface area (Å²) >= 11 is 0. The molecule has 0 aromatic heterocycles. The van der Waals surface area contributed by atoms with Gasteiger partial charge in [-0.1, -0.05) is 12.1 Å². The van der Waals surface area contributed by atoms with Crippen LogP contribution in [0, 0.1) is 5.82 Å². The maximum absolute atomic E-state index is 12.7. The Balaban J connectivity index is 2.86. The second-order valence-electron chi connectivity index (χ2n) is 4.72. The van der Waals surface area contributed by atoms with E-state index in [1.807, 2.05) is 0 Å². The lowest BCUT2D eigenvalue weighted by molar-refractivity contribution is 0.138. The van der Waals surface area contributed by atoms with Gasteiger partial charge in [0.15, 0.2) is 9.84 Å². The summed E-state index contributed by atoms with van der Waals surface area (Å²) in [5.41, 5.74) is 0.704. The molecule has 1 N–H and O–H groups in total. The SMILES string of the molecule is CC(C)(C(O)Cc1ccc(F)cc1)S(C)(=O)=O. The zero-order valence-corrected chi connectivity index (χ0v) is 11.0. The van der Waals surface area contributed by atoms with Gasteiger partial charge >= 0.3 is 0 Å². The summed E-state index contributed by atoms with van der Waals surface area (Å²) in [6, 6.07) is 5.65. The number of rotatable bonds is 4. The average molecular weight is 260 g/mol. The summed E-state index contributed by atoms with van der Waals surface area (Å²) in [7, 11) is -3.35. The summed E-state index contributed by atoms with van der Waals surface area (Å²) in [6.45, 7) is 2.97. The zero-order valence-electron chi connectivity index (χ0n) is 10.1. The van der Waals surface area contributed by atoms with E-state index in [1.54, 1.807) is 0 Å². The summed E-state index contributed by atoms with van der Waals surface area (Å²) in [4.78, 5) is 0. The molecule has 5 heteroatoms. The number of benzene rings is 1. The van der Waals surface area contributed by atoms with Crippen molar-refractivity contribution in [2.75, 3.05) is 6.26 Å². The van der Waals surface area contributed by atoms with Crippen LogP contribution in [-0.4, -0.2) is 30.6 Å². The van der Waals surface area contributed by atoms with Crippen LogP contribution in [0.4, 0.5) is 4.39 Å². The lowest BCUT2D eigenvalue weighted by Crippen LogP contribution is -2.44. The van der Waals surface area contributed by atoms with Crippen LogP contribution in [0.25, 0.3) is 0 Å². The van der Waals surface area contributed by atoms with Gasteiger partial charge in [0, 0.05) is 6.26 Å². The third kappa shape index (κ3) is 3.26. The van der Waals surface area contributed by atoms with Gasteiger partial charge in [-0.25, -0.2) is 12.8 Å². The molecular formula is C12H17FO3S. The Morgan fingerprint density at radius 2 is 1.76 bits per heavy atom. The molecule has 0 saturated carbocycles. The third-order valence-electron chi connectivity index (χ3n) is 3.10. The van der Waals surface area contributed by atoms with Crippen LogP contribution >= 0.6 is 0 Å². The van der Waals surface area contributed by atoms with Crippen molar-refractivity contribution in [1.82, 2.24) is 0 Å². The molecule has 17 heavy (non-hydrogen) atoms. The van der Waals surface area contributed by atoms with Gasteiger partial charge in [0.2, 0.25) is 0 Å². The molecule has 0 bridgehead atoms. The third-order valence-corrected chi connectivity index (χ3v) is 5.28. The molecule has 0 spiro atoms. The van der Waals surface area contributed by atoms with Crippen LogP contribution in [0.1, 0.15) is 19.4 Å². The Kier molecular flexibility index (Phi) is 3.94.